The highest BCUT2D eigenvalue weighted by Gasteiger charge is 2.29. The second kappa shape index (κ2) is 11.2. The van der Waals surface area contributed by atoms with E-state index in [1.165, 1.54) is 12.1 Å². The molecule has 2 aromatic rings. The summed E-state index contributed by atoms with van der Waals surface area (Å²) in [6.07, 6.45) is 2.87. The fourth-order valence-electron chi connectivity index (χ4n) is 4.82. The Kier molecular flexibility index (Phi) is 7.55. The first-order valence-corrected chi connectivity index (χ1v) is 12.9. The Labute approximate surface area is 215 Å². The van der Waals surface area contributed by atoms with Gasteiger partial charge in [-0.1, -0.05) is 18.6 Å². The van der Waals surface area contributed by atoms with Crippen molar-refractivity contribution >= 4 is 34.9 Å². The van der Waals surface area contributed by atoms with Gasteiger partial charge in [-0.05, 0) is 43.2 Å². The number of amides is 4. The average molecular weight is 510 g/mol. The highest BCUT2D eigenvalue weighted by atomic mass is 19.1. The lowest BCUT2D eigenvalue weighted by Crippen LogP contribution is -2.50. The molecule has 0 spiro atoms. The molecule has 3 fully saturated rings. The molecule has 0 aromatic heterocycles. The third kappa shape index (κ3) is 5.69. The SMILES string of the molecule is O=C(Nc1ccc(N2CCN(C(=O)Nc3ccccc3F)CC2)c(C(=O)N2CCOCC2)c1)C1CCC1. The minimum absolute atomic E-state index is 0.00162. The van der Waals surface area contributed by atoms with Crippen LogP contribution in [0.25, 0.3) is 0 Å². The van der Waals surface area contributed by atoms with E-state index in [4.69, 9.17) is 4.74 Å². The van der Waals surface area contributed by atoms with Crippen molar-refractivity contribution in [3.8, 4) is 0 Å². The van der Waals surface area contributed by atoms with Crippen LogP contribution in [0.5, 0.6) is 0 Å². The van der Waals surface area contributed by atoms with Gasteiger partial charge in [-0.25, -0.2) is 9.18 Å². The number of halogens is 1. The number of para-hydroxylation sites is 1. The number of piperazine rings is 1. The first-order valence-electron chi connectivity index (χ1n) is 12.9. The topological polar surface area (TPSA) is 94.2 Å². The number of hydrogen-bond donors (Lipinski definition) is 2. The van der Waals surface area contributed by atoms with Gasteiger partial charge in [0.25, 0.3) is 5.91 Å². The van der Waals surface area contributed by atoms with Crippen LogP contribution in [0.15, 0.2) is 42.5 Å². The van der Waals surface area contributed by atoms with Crippen LogP contribution >= 0.6 is 0 Å². The highest BCUT2D eigenvalue weighted by Crippen LogP contribution is 2.30. The van der Waals surface area contributed by atoms with Crippen molar-refractivity contribution in [1.82, 2.24) is 9.80 Å². The zero-order valence-corrected chi connectivity index (χ0v) is 20.7. The number of nitrogens with zero attached hydrogens (tertiary/aromatic N) is 3. The van der Waals surface area contributed by atoms with E-state index >= 15 is 0 Å². The average Bonchev–Trinajstić information content (AvgIpc) is 2.89. The van der Waals surface area contributed by atoms with Crippen LogP contribution in [0.4, 0.5) is 26.2 Å². The van der Waals surface area contributed by atoms with E-state index in [9.17, 15) is 18.8 Å². The predicted octanol–water partition coefficient (Wildman–Crippen LogP) is 3.39. The molecule has 2 aliphatic heterocycles. The van der Waals surface area contributed by atoms with Crippen LogP contribution < -0.4 is 15.5 Å². The van der Waals surface area contributed by atoms with Gasteiger partial charge in [-0.3, -0.25) is 9.59 Å². The second-order valence-corrected chi connectivity index (χ2v) is 9.64. The summed E-state index contributed by atoms with van der Waals surface area (Å²) in [6, 6.07) is 11.2. The van der Waals surface area contributed by atoms with Gasteiger partial charge < -0.3 is 30.1 Å². The predicted molar refractivity (Wildman–Crippen MR) is 138 cm³/mol. The maximum Gasteiger partial charge on any atom is 0.322 e. The highest BCUT2D eigenvalue weighted by molar-refractivity contribution is 6.02. The molecular weight excluding hydrogens is 477 g/mol. The van der Waals surface area contributed by atoms with Crippen LogP contribution in [0.1, 0.15) is 29.6 Å². The number of carbonyl (C=O) groups is 3. The van der Waals surface area contributed by atoms with Crippen LogP contribution in [0.3, 0.4) is 0 Å². The molecule has 1 aliphatic carbocycles. The zero-order valence-electron chi connectivity index (χ0n) is 20.7. The molecule has 0 radical (unpaired) electrons. The van der Waals surface area contributed by atoms with E-state index in [1.807, 2.05) is 12.1 Å². The minimum Gasteiger partial charge on any atom is -0.378 e. The van der Waals surface area contributed by atoms with E-state index in [0.29, 0.717) is 63.7 Å². The molecule has 2 N–H and O–H groups in total. The maximum atomic E-state index is 13.9. The van der Waals surface area contributed by atoms with Crippen LogP contribution in [0.2, 0.25) is 0 Å². The van der Waals surface area contributed by atoms with Crippen molar-refractivity contribution in [2.45, 2.75) is 19.3 Å². The molecule has 2 heterocycles. The van der Waals surface area contributed by atoms with Crippen molar-refractivity contribution in [1.29, 1.82) is 0 Å². The van der Waals surface area contributed by atoms with Gasteiger partial charge in [0, 0.05) is 56.6 Å². The van der Waals surface area contributed by atoms with Gasteiger partial charge in [0.2, 0.25) is 5.91 Å². The molecule has 3 aliphatic rings. The van der Waals surface area contributed by atoms with Crippen molar-refractivity contribution in [3.63, 3.8) is 0 Å². The minimum atomic E-state index is -0.481. The summed E-state index contributed by atoms with van der Waals surface area (Å²) in [5, 5.41) is 5.61. The Balaban J connectivity index is 1.30. The smallest absolute Gasteiger partial charge is 0.322 e. The van der Waals surface area contributed by atoms with Gasteiger partial charge in [-0.15, -0.1) is 0 Å². The molecule has 0 unspecified atom stereocenters. The number of hydrogen-bond acceptors (Lipinski definition) is 5. The molecule has 2 saturated heterocycles. The van der Waals surface area contributed by atoms with E-state index in [0.717, 1.165) is 24.9 Å². The molecule has 0 atom stereocenters. The van der Waals surface area contributed by atoms with Gasteiger partial charge in [0.1, 0.15) is 5.82 Å². The number of anilines is 3. The molecule has 2 aromatic carbocycles. The normalized spacial score (nSPS) is 18.2. The first-order chi connectivity index (χ1) is 18.0. The van der Waals surface area contributed by atoms with Crippen molar-refractivity contribution in [2.75, 3.05) is 68.0 Å². The van der Waals surface area contributed by atoms with Crippen LogP contribution in [0, 0.1) is 11.7 Å². The molecule has 196 valence electrons. The molecule has 5 rings (SSSR count). The fraction of sp³-hybridized carbons (Fsp3) is 0.444. The van der Waals surface area contributed by atoms with E-state index in [1.54, 1.807) is 28.0 Å². The quantitative estimate of drug-likeness (QED) is 0.645. The molecule has 4 amide bonds. The summed E-state index contributed by atoms with van der Waals surface area (Å²) in [4.78, 5) is 44.2. The molecule has 0 bridgehead atoms. The van der Waals surface area contributed by atoms with Gasteiger partial charge >= 0.3 is 6.03 Å². The lowest BCUT2D eigenvalue weighted by molar-refractivity contribution is -0.122. The molecule has 10 heteroatoms. The summed E-state index contributed by atoms with van der Waals surface area (Å²) in [5.41, 5.74) is 2.05. The molecular formula is C27H32FN5O4. The van der Waals surface area contributed by atoms with Crippen LogP contribution in [-0.2, 0) is 9.53 Å². The summed E-state index contributed by atoms with van der Waals surface area (Å²) in [6.45, 7) is 3.90. The van der Waals surface area contributed by atoms with Crippen LogP contribution in [-0.4, -0.2) is 80.1 Å². The Bertz CT molecular complexity index is 1160. The van der Waals surface area contributed by atoms with E-state index in [2.05, 4.69) is 15.5 Å². The third-order valence-corrected chi connectivity index (χ3v) is 7.29. The largest absolute Gasteiger partial charge is 0.378 e. The number of urea groups is 1. The Hall–Kier alpha value is -3.66. The van der Waals surface area contributed by atoms with Gasteiger partial charge in [0.15, 0.2) is 0 Å². The standard InChI is InChI=1S/C27H32FN5O4/c28-22-6-1-2-7-23(22)30-27(36)33-12-10-31(11-13-33)24-9-8-20(29-25(34)19-4-3-5-19)18-21(24)26(35)32-14-16-37-17-15-32/h1-2,6-9,18-19H,3-5,10-17H2,(H,29,34)(H,30,36). The van der Waals surface area contributed by atoms with E-state index < -0.39 is 5.82 Å². The zero-order chi connectivity index (χ0) is 25.8. The number of ether oxygens (including phenoxy) is 1. The summed E-state index contributed by atoms with van der Waals surface area (Å²) in [5.74, 6) is -0.539. The summed E-state index contributed by atoms with van der Waals surface area (Å²) in [7, 11) is 0. The van der Waals surface area contributed by atoms with E-state index in [-0.39, 0.29) is 29.5 Å². The molecule has 37 heavy (non-hydrogen) atoms. The fourth-order valence-corrected chi connectivity index (χ4v) is 4.82. The summed E-state index contributed by atoms with van der Waals surface area (Å²) >= 11 is 0. The third-order valence-electron chi connectivity index (χ3n) is 7.29. The lowest BCUT2D eigenvalue weighted by Gasteiger charge is -2.37. The Morgan fingerprint density at radius 3 is 2.27 bits per heavy atom. The first kappa shape index (κ1) is 25.0. The molecule has 9 nitrogen and oxygen atoms in total. The number of carbonyl (C=O) groups excluding carboxylic acids is 3. The number of nitrogens with one attached hydrogen (secondary N) is 2. The monoisotopic (exact) mass is 509 g/mol. The van der Waals surface area contributed by atoms with Crippen molar-refractivity contribution in [2.24, 2.45) is 5.92 Å². The Morgan fingerprint density at radius 1 is 0.865 bits per heavy atom. The summed E-state index contributed by atoms with van der Waals surface area (Å²) < 4.78 is 19.4. The number of benzene rings is 2. The number of rotatable bonds is 5. The lowest BCUT2D eigenvalue weighted by atomic mass is 9.85. The van der Waals surface area contributed by atoms with Gasteiger partial charge in [-0.2, -0.15) is 0 Å². The van der Waals surface area contributed by atoms with Crippen molar-refractivity contribution in [3.05, 3.63) is 53.8 Å². The second-order valence-electron chi connectivity index (χ2n) is 9.64. The molecule has 1 saturated carbocycles. The van der Waals surface area contributed by atoms with Crippen molar-refractivity contribution < 1.29 is 23.5 Å². The maximum absolute atomic E-state index is 13.9. The van der Waals surface area contributed by atoms with Gasteiger partial charge in [0.05, 0.1) is 24.5 Å². The Morgan fingerprint density at radius 2 is 1.59 bits per heavy atom. The number of morpholine rings is 1.